The number of hydrogen-bond donors (Lipinski definition) is 8. The third kappa shape index (κ3) is 5.56. The zero-order valence-corrected chi connectivity index (χ0v) is 26.3. The second-order valence-corrected chi connectivity index (χ2v) is 16.7. The highest BCUT2D eigenvalue weighted by Gasteiger charge is 2.53. The second-order valence-electron chi connectivity index (χ2n) is 10.5. The molecule has 0 radical (unpaired) electrons. The zero-order valence-electron chi connectivity index (χ0n) is 22.8. The number of H-pyrrole nitrogens is 2. The Labute approximate surface area is 264 Å². The molecule has 46 heavy (non-hydrogen) atoms. The fourth-order valence-corrected chi connectivity index (χ4v) is 8.72. The number of alkyl halides is 2. The van der Waals surface area contributed by atoms with Crippen molar-refractivity contribution in [3.05, 3.63) is 33.4 Å². The van der Waals surface area contributed by atoms with Crippen LogP contribution in [-0.2, 0) is 34.9 Å². The molecule has 0 aromatic carbocycles. The Morgan fingerprint density at radius 3 is 1.85 bits per heavy atom. The van der Waals surface area contributed by atoms with Crippen molar-refractivity contribution < 1.29 is 36.8 Å². The lowest BCUT2D eigenvalue weighted by atomic mass is 10.1. The number of hydrogen-bond acceptors (Lipinski definition) is 14. The van der Waals surface area contributed by atoms with E-state index in [-0.39, 0.29) is 34.2 Å². The fraction of sp³-hybridized carbons (Fsp3) is 0.500. The number of nitrogens with zero attached hydrogens (tertiary/aromatic N) is 6. The van der Waals surface area contributed by atoms with Gasteiger partial charge in [-0.3, -0.25) is 33.3 Å². The van der Waals surface area contributed by atoms with Crippen LogP contribution in [0.5, 0.6) is 0 Å². The number of fused-ring (bicyclic) bond motifs is 4. The number of nitrogen functional groups attached to an aromatic ring is 2. The minimum Gasteiger partial charge on any atom is -0.369 e. The van der Waals surface area contributed by atoms with Gasteiger partial charge in [-0.1, -0.05) is 12.2 Å². The molecule has 0 amide bonds. The molecule has 7 heterocycles. The number of nitrogens with two attached hydrogens (primary N) is 2. The molecule has 0 spiro atoms. The molecule has 6 unspecified atom stereocenters. The minimum atomic E-state index is -4.20. The summed E-state index contributed by atoms with van der Waals surface area (Å²) in [7, 11) is 0. The SMILES string of the molecule is Nc1nc2c(ncn2[C@@H]2O[C@@H]3CNP(O)(=S)OC4C(F)[C@H](n5cnc6c(=O)[nH]c(N)nc65)O[C@@H]4CNP(=O)(S)OC3C2F)c(=O)[nH]1. The number of ether oxygens (including phenoxy) is 2. The van der Waals surface area contributed by atoms with E-state index in [1.807, 2.05) is 0 Å². The van der Waals surface area contributed by atoms with E-state index in [9.17, 15) is 19.0 Å². The van der Waals surface area contributed by atoms with Gasteiger partial charge in [-0.05, 0) is 11.8 Å². The van der Waals surface area contributed by atoms with E-state index in [1.54, 1.807) is 0 Å². The summed E-state index contributed by atoms with van der Waals surface area (Å²) in [5.41, 5.74) is 9.49. The first kappa shape index (κ1) is 31.7. The Morgan fingerprint density at radius 2 is 1.35 bits per heavy atom. The third-order valence-corrected chi connectivity index (χ3v) is 11.1. The number of thiol groups is 1. The molecule has 20 nitrogen and oxygen atoms in total. The van der Waals surface area contributed by atoms with E-state index in [1.165, 1.54) is 0 Å². The average Bonchev–Trinajstić information content (AvgIpc) is 3.72. The third-order valence-electron chi connectivity index (χ3n) is 7.50. The summed E-state index contributed by atoms with van der Waals surface area (Å²) in [6, 6.07) is 0. The summed E-state index contributed by atoms with van der Waals surface area (Å²) < 4.78 is 70.8. The van der Waals surface area contributed by atoms with E-state index in [0.717, 1.165) is 21.8 Å². The lowest BCUT2D eigenvalue weighted by Gasteiger charge is -2.30. The highest BCUT2D eigenvalue weighted by atomic mass is 32.7. The van der Waals surface area contributed by atoms with E-state index in [2.05, 4.69) is 52.3 Å². The predicted octanol–water partition coefficient (Wildman–Crippen LogP) is -0.894. The molecule has 26 heteroatoms. The molecule has 3 saturated heterocycles. The van der Waals surface area contributed by atoms with Crippen molar-refractivity contribution in [3.8, 4) is 0 Å². The van der Waals surface area contributed by atoms with Crippen molar-refractivity contribution in [2.45, 2.75) is 49.2 Å². The molecule has 248 valence electrons. The van der Waals surface area contributed by atoms with Gasteiger partial charge in [-0.15, -0.1) is 0 Å². The van der Waals surface area contributed by atoms with Crippen molar-refractivity contribution in [1.82, 2.24) is 49.2 Å². The van der Waals surface area contributed by atoms with Crippen LogP contribution < -0.4 is 32.8 Å². The van der Waals surface area contributed by atoms with E-state index < -0.39 is 86.8 Å². The monoisotopic (exact) mass is 724 g/mol. The van der Waals surface area contributed by atoms with Crippen LogP contribution in [0.4, 0.5) is 20.7 Å². The van der Waals surface area contributed by atoms with Gasteiger partial charge in [0, 0.05) is 13.1 Å². The summed E-state index contributed by atoms with van der Waals surface area (Å²) in [5.74, 6) is -0.507. The van der Waals surface area contributed by atoms with Crippen LogP contribution in [0, 0.1) is 0 Å². The molecule has 4 aromatic rings. The summed E-state index contributed by atoms with van der Waals surface area (Å²) in [6.45, 7) is -9.14. The number of halogens is 2. The van der Waals surface area contributed by atoms with Gasteiger partial charge in [-0.2, -0.15) is 9.97 Å². The number of rotatable bonds is 2. The Morgan fingerprint density at radius 1 is 0.891 bits per heavy atom. The molecule has 7 rings (SSSR count). The van der Waals surface area contributed by atoms with Crippen LogP contribution in [0.15, 0.2) is 22.2 Å². The van der Waals surface area contributed by atoms with Crippen molar-refractivity contribution in [2.75, 3.05) is 24.6 Å². The molecule has 0 aliphatic carbocycles. The molecule has 4 aromatic heterocycles. The molecular formula is C20H24F2N12O8P2S2. The predicted molar refractivity (Wildman–Crippen MR) is 162 cm³/mol. The molecule has 10 atom stereocenters. The van der Waals surface area contributed by atoms with E-state index in [0.29, 0.717) is 0 Å². The molecule has 3 aliphatic heterocycles. The largest absolute Gasteiger partial charge is 0.369 e. The van der Waals surface area contributed by atoms with Crippen molar-refractivity contribution in [2.24, 2.45) is 0 Å². The fourth-order valence-electron chi connectivity index (χ4n) is 5.49. The van der Waals surface area contributed by atoms with Gasteiger partial charge in [0.15, 0.2) is 47.1 Å². The van der Waals surface area contributed by atoms with Gasteiger partial charge >= 0.3 is 6.72 Å². The summed E-state index contributed by atoms with van der Waals surface area (Å²) in [6.07, 6.45) is -10.6. The number of nitrogens with one attached hydrogen (secondary N) is 4. The maximum absolute atomic E-state index is 16.1. The Balaban J connectivity index is 1.18. The normalized spacial score (nSPS) is 37.1. The van der Waals surface area contributed by atoms with E-state index in [4.69, 9.17) is 41.8 Å². The number of imidazole rings is 2. The van der Waals surface area contributed by atoms with Gasteiger partial charge in [0.2, 0.25) is 11.9 Å². The first-order valence-electron chi connectivity index (χ1n) is 13.3. The van der Waals surface area contributed by atoms with Crippen molar-refractivity contribution in [1.29, 1.82) is 0 Å². The Bertz CT molecular complexity index is 1920. The smallest absolute Gasteiger partial charge is 0.324 e. The van der Waals surface area contributed by atoms with Gasteiger partial charge in [-0.25, -0.2) is 28.9 Å². The maximum Gasteiger partial charge on any atom is 0.324 e. The van der Waals surface area contributed by atoms with Crippen LogP contribution in [0.25, 0.3) is 22.3 Å². The molecular weight excluding hydrogens is 700 g/mol. The lowest BCUT2D eigenvalue weighted by Crippen LogP contribution is -2.42. The number of aromatic nitrogens is 8. The topological polar surface area (TPSA) is 277 Å². The van der Waals surface area contributed by atoms with Gasteiger partial charge in [0.05, 0.1) is 12.7 Å². The molecule has 3 fully saturated rings. The van der Waals surface area contributed by atoms with Crippen LogP contribution >= 0.6 is 25.6 Å². The Kier molecular flexibility index (Phi) is 7.84. The van der Waals surface area contributed by atoms with E-state index >= 15 is 8.78 Å². The highest BCUT2D eigenvalue weighted by Crippen LogP contribution is 2.54. The number of anilines is 2. The van der Waals surface area contributed by atoms with Crippen molar-refractivity contribution in [3.63, 3.8) is 0 Å². The molecule has 3 aliphatic rings. The average molecular weight is 725 g/mol. The maximum atomic E-state index is 16.1. The molecule has 0 saturated carbocycles. The zero-order chi connectivity index (χ0) is 32.7. The minimum absolute atomic E-state index is 0.0920. The van der Waals surface area contributed by atoms with Gasteiger partial charge < -0.3 is 34.9 Å². The van der Waals surface area contributed by atoms with Crippen LogP contribution in [0.3, 0.4) is 0 Å². The molecule has 0 bridgehead atoms. The highest BCUT2D eigenvalue weighted by molar-refractivity contribution is 8.45. The Hall–Kier alpha value is -2.89. The molecule has 9 N–H and O–H groups in total. The summed E-state index contributed by atoms with van der Waals surface area (Å²) in [5, 5.41) is 5.08. The lowest BCUT2D eigenvalue weighted by molar-refractivity contribution is -0.0219. The summed E-state index contributed by atoms with van der Waals surface area (Å²) in [4.78, 5) is 56.0. The van der Waals surface area contributed by atoms with Gasteiger partial charge in [0.25, 0.3) is 17.8 Å². The standard InChI is InChI=1S/C20H24F2N12O8P2S2/c21-7-11-5(39-17(7)33-3-25-9-13(33)29-19(23)31-15(9)35)1-27-43(37,45)42-12-6(2-28-44(38,46)41-11)40-18(8(12)22)34-4-26-10-14(34)30-20(24)32-16(10)36/h3-8,11-12,17-18H,1-2H2,(H2,27,37,45)(H2,28,38,46)(H3,23,29,31,35)(H3,24,30,32,36)/t5-,6-,7?,8?,11?,12?,17-,18-,43?,44?/m1/s1. The first-order chi connectivity index (χ1) is 21.7. The van der Waals surface area contributed by atoms with Crippen molar-refractivity contribution >= 4 is 71.6 Å². The second kappa shape index (κ2) is 11.4. The van der Waals surface area contributed by atoms with Crippen LogP contribution in [0.2, 0.25) is 0 Å². The number of aromatic amines is 2. The quantitative estimate of drug-likeness (QED) is 0.0919. The van der Waals surface area contributed by atoms with Gasteiger partial charge in [0.1, 0.15) is 24.4 Å². The van der Waals surface area contributed by atoms with Crippen LogP contribution in [-0.4, -0.2) is 93.8 Å². The summed E-state index contributed by atoms with van der Waals surface area (Å²) >= 11 is 9.33. The first-order valence-corrected chi connectivity index (χ1v) is 18.7. The van der Waals surface area contributed by atoms with Crippen LogP contribution in [0.1, 0.15) is 12.5 Å².